The lowest BCUT2D eigenvalue weighted by atomic mass is 9.99. The van der Waals surface area contributed by atoms with E-state index < -0.39 is 5.91 Å². The van der Waals surface area contributed by atoms with Crippen molar-refractivity contribution in [3.8, 4) is 0 Å². The summed E-state index contributed by atoms with van der Waals surface area (Å²) in [5, 5.41) is 6.63. The van der Waals surface area contributed by atoms with Crippen molar-refractivity contribution in [1.29, 1.82) is 0 Å². The molecule has 0 aliphatic carbocycles. The molecule has 1 fully saturated rings. The largest absolute Gasteiger partial charge is 0.356 e. The van der Waals surface area contributed by atoms with E-state index in [1.165, 1.54) is 25.5 Å². The van der Waals surface area contributed by atoms with E-state index in [0.717, 1.165) is 42.3 Å². The molecule has 0 saturated carbocycles. The van der Waals surface area contributed by atoms with Crippen LogP contribution in [0.25, 0.3) is 0 Å². The Balaban J connectivity index is 1.73. The number of hydrogen-bond donors (Lipinski definition) is 1. The van der Waals surface area contributed by atoms with Gasteiger partial charge in [-0.1, -0.05) is 6.92 Å². The highest BCUT2D eigenvalue weighted by Crippen LogP contribution is 2.22. The zero-order chi connectivity index (χ0) is 17.1. The Morgan fingerprint density at radius 2 is 2.00 bits per heavy atom. The molecule has 0 spiro atoms. The third-order valence-corrected chi connectivity index (χ3v) is 4.19. The number of carbonyl (C=O) groups is 1. The van der Waals surface area contributed by atoms with E-state index in [1.807, 2.05) is 0 Å². The first kappa shape index (κ1) is 16.1. The van der Waals surface area contributed by atoms with Gasteiger partial charge in [-0.3, -0.25) is 9.59 Å². The van der Waals surface area contributed by atoms with Crippen LogP contribution in [0, 0.1) is 5.92 Å². The number of anilines is 2. The van der Waals surface area contributed by atoms with Crippen molar-refractivity contribution in [2.24, 2.45) is 13.0 Å². The van der Waals surface area contributed by atoms with Gasteiger partial charge in [0.05, 0.1) is 0 Å². The second-order valence-electron chi connectivity index (χ2n) is 6.07. The van der Waals surface area contributed by atoms with E-state index in [-0.39, 0.29) is 11.3 Å². The van der Waals surface area contributed by atoms with Crippen LogP contribution in [0.1, 0.15) is 30.3 Å². The summed E-state index contributed by atoms with van der Waals surface area (Å²) in [6, 6.07) is 4.46. The van der Waals surface area contributed by atoms with Crippen LogP contribution >= 0.6 is 0 Å². The summed E-state index contributed by atoms with van der Waals surface area (Å²) < 4.78 is 1.12. The minimum Gasteiger partial charge on any atom is -0.356 e. The van der Waals surface area contributed by atoms with E-state index in [1.54, 1.807) is 6.07 Å². The molecule has 0 bridgehead atoms. The molecular weight excluding hydrogens is 308 g/mol. The summed E-state index contributed by atoms with van der Waals surface area (Å²) in [6.07, 6.45) is 3.71. The lowest BCUT2D eigenvalue weighted by molar-refractivity contribution is 0.101. The summed E-state index contributed by atoms with van der Waals surface area (Å²) in [6.45, 7) is 4.16. The van der Waals surface area contributed by atoms with Gasteiger partial charge in [0.15, 0.2) is 0 Å². The van der Waals surface area contributed by atoms with E-state index in [2.05, 4.69) is 32.2 Å². The molecule has 1 amide bonds. The molecule has 2 aromatic heterocycles. The molecule has 0 atom stereocenters. The van der Waals surface area contributed by atoms with Crippen molar-refractivity contribution in [1.82, 2.24) is 19.7 Å². The summed E-state index contributed by atoms with van der Waals surface area (Å²) in [5.74, 6) is 1.54. The number of nitrogens with zero attached hydrogens (tertiary/aromatic N) is 5. The number of nitrogens with one attached hydrogen (secondary N) is 1. The van der Waals surface area contributed by atoms with E-state index in [4.69, 9.17) is 0 Å². The molecule has 2 aromatic rings. The quantitative estimate of drug-likeness (QED) is 0.905. The lowest BCUT2D eigenvalue weighted by Crippen LogP contribution is -2.33. The van der Waals surface area contributed by atoms with Gasteiger partial charge in [-0.25, -0.2) is 14.6 Å². The second-order valence-corrected chi connectivity index (χ2v) is 6.07. The van der Waals surface area contributed by atoms with Crippen molar-refractivity contribution in [2.45, 2.75) is 19.8 Å². The van der Waals surface area contributed by atoms with E-state index >= 15 is 0 Å². The predicted molar refractivity (Wildman–Crippen MR) is 90.1 cm³/mol. The van der Waals surface area contributed by atoms with Crippen LogP contribution in [0.2, 0.25) is 0 Å². The Morgan fingerprint density at radius 1 is 1.25 bits per heavy atom. The van der Waals surface area contributed by atoms with Crippen molar-refractivity contribution in [3.05, 3.63) is 40.6 Å². The number of rotatable bonds is 3. The van der Waals surface area contributed by atoms with Crippen LogP contribution in [-0.2, 0) is 7.05 Å². The minimum atomic E-state index is -0.414. The monoisotopic (exact) mass is 328 g/mol. The van der Waals surface area contributed by atoms with Crippen LogP contribution < -0.4 is 15.8 Å². The fraction of sp³-hybridized carbons (Fsp3) is 0.438. The maximum absolute atomic E-state index is 12.2. The fourth-order valence-corrected chi connectivity index (χ4v) is 2.63. The van der Waals surface area contributed by atoms with Gasteiger partial charge in [0.2, 0.25) is 0 Å². The number of amides is 1. The first-order chi connectivity index (χ1) is 11.5. The number of aryl methyl sites for hydroxylation is 1. The maximum Gasteiger partial charge on any atom is 0.277 e. The van der Waals surface area contributed by atoms with Crippen molar-refractivity contribution < 1.29 is 4.79 Å². The van der Waals surface area contributed by atoms with Crippen LogP contribution in [0.5, 0.6) is 0 Å². The molecule has 8 nitrogen and oxygen atoms in total. The molecule has 126 valence electrons. The summed E-state index contributed by atoms with van der Waals surface area (Å²) >= 11 is 0. The second kappa shape index (κ2) is 6.77. The normalized spacial score (nSPS) is 15.3. The molecule has 1 N–H and O–H groups in total. The van der Waals surface area contributed by atoms with Gasteiger partial charge in [0.25, 0.3) is 11.5 Å². The Kier molecular flexibility index (Phi) is 4.54. The van der Waals surface area contributed by atoms with Crippen LogP contribution in [0.3, 0.4) is 0 Å². The molecule has 8 heteroatoms. The zero-order valence-corrected chi connectivity index (χ0v) is 13.8. The standard InChI is InChI=1S/C16H20N6O2/c1-11-5-7-22(8-6-11)14-9-13(17-10-18-14)19-16(24)12-3-4-15(23)21(2)20-12/h3-4,9-11H,5-8H2,1-2H3,(H,17,18,19,24). The van der Waals surface area contributed by atoms with Gasteiger partial charge in [-0.05, 0) is 24.8 Å². The van der Waals surface area contributed by atoms with Crippen molar-refractivity contribution in [3.63, 3.8) is 0 Å². The first-order valence-corrected chi connectivity index (χ1v) is 7.95. The van der Waals surface area contributed by atoms with Crippen molar-refractivity contribution >= 4 is 17.5 Å². The molecule has 1 aliphatic rings. The topological polar surface area (TPSA) is 93.0 Å². The Labute approximate surface area is 139 Å². The number of hydrogen-bond acceptors (Lipinski definition) is 6. The first-order valence-electron chi connectivity index (χ1n) is 7.95. The molecule has 0 unspecified atom stereocenters. The predicted octanol–water partition coefficient (Wildman–Crippen LogP) is 1.06. The van der Waals surface area contributed by atoms with Gasteiger partial charge in [0.1, 0.15) is 23.7 Å². The highest BCUT2D eigenvalue weighted by Gasteiger charge is 2.18. The summed E-state index contributed by atoms with van der Waals surface area (Å²) in [7, 11) is 1.50. The smallest absolute Gasteiger partial charge is 0.277 e. The number of aromatic nitrogens is 4. The average Bonchev–Trinajstić information content (AvgIpc) is 2.58. The highest BCUT2D eigenvalue weighted by atomic mass is 16.2. The van der Waals surface area contributed by atoms with E-state index in [0.29, 0.717) is 5.82 Å². The third kappa shape index (κ3) is 3.58. The Morgan fingerprint density at radius 3 is 2.71 bits per heavy atom. The maximum atomic E-state index is 12.2. The highest BCUT2D eigenvalue weighted by molar-refractivity contribution is 6.02. The molecule has 1 aliphatic heterocycles. The van der Waals surface area contributed by atoms with Gasteiger partial charge >= 0.3 is 0 Å². The summed E-state index contributed by atoms with van der Waals surface area (Å²) in [5.41, 5.74) is -0.112. The Hall–Kier alpha value is -2.77. The third-order valence-electron chi connectivity index (χ3n) is 4.19. The molecular formula is C16H20N6O2. The molecule has 24 heavy (non-hydrogen) atoms. The summed E-state index contributed by atoms with van der Waals surface area (Å²) in [4.78, 5) is 34.2. The SMILES string of the molecule is CC1CCN(c2cc(NC(=O)c3ccc(=O)n(C)n3)ncn2)CC1. The fourth-order valence-electron chi connectivity index (χ4n) is 2.63. The van der Waals surface area contributed by atoms with Crippen LogP contribution in [0.4, 0.5) is 11.6 Å². The molecule has 1 saturated heterocycles. The van der Waals surface area contributed by atoms with Gasteiger partial charge in [-0.2, -0.15) is 5.10 Å². The Bertz CT molecular complexity index is 795. The molecule has 0 aromatic carbocycles. The zero-order valence-electron chi connectivity index (χ0n) is 13.8. The van der Waals surface area contributed by atoms with Crippen LogP contribution in [-0.4, -0.2) is 38.7 Å². The lowest BCUT2D eigenvalue weighted by Gasteiger charge is -2.31. The van der Waals surface area contributed by atoms with Gasteiger partial charge in [-0.15, -0.1) is 0 Å². The van der Waals surface area contributed by atoms with Gasteiger partial charge < -0.3 is 10.2 Å². The van der Waals surface area contributed by atoms with Crippen molar-refractivity contribution in [2.75, 3.05) is 23.3 Å². The minimum absolute atomic E-state index is 0.157. The van der Waals surface area contributed by atoms with E-state index in [9.17, 15) is 9.59 Å². The molecule has 3 rings (SSSR count). The molecule has 0 radical (unpaired) electrons. The average molecular weight is 328 g/mol. The van der Waals surface area contributed by atoms with Gasteiger partial charge in [0, 0.05) is 32.3 Å². The number of piperidine rings is 1. The number of carbonyl (C=O) groups excluding carboxylic acids is 1. The van der Waals surface area contributed by atoms with Crippen LogP contribution in [0.15, 0.2) is 29.3 Å². The molecule has 3 heterocycles.